The molecule has 98 valence electrons. The van der Waals surface area contributed by atoms with Crippen LogP contribution in [0.15, 0.2) is 12.7 Å². The van der Waals surface area contributed by atoms with E-state index in [0.717, 1.165) is 37.6 Å². The molecule has 1 saturated heterocycles. The average Bonchev–Trinajstić information content (AvgIpc) is 2.79. The Labute approximate surface area is 109 Å². The zero-order chi connectivity index (χ0) is 12.7. The maximum absolute atomic E-state index is 12.3. The Morgan fingerprint density at radius 2 is 2.41 bits per heavy atom. The molecule has 1 rings (SSSR count). The summed E-state index contributed by atoms with van der Waals surface area (Å²) in [5, 5.41) is 6.38. The molecule has 1 unspecified atom stereocenters. The van der Waals surface area contributed by atoms with E-state index in [-0.39, 0.29) is 11.3 Å². The maximum Gasteiger partial charge on any atom is 0.227 e. The average molecular weight is 256 g/mol. The molecule has 0 spiro atoms. The molecule has 0 saturated carbocycles. The number of hydrogen-bond donors (Lipinski definition) is 2. The lowest BCUT2D eigenvalue weighted by Gasteiger charge is -2.31. The Hall–Kier alpha value is -0.480. The van der Waals surface area contributed by atoms with E-state index < -0.39 is 0 Å². The first-order valence-electron chi connectivity index (χ1n) is 6.31. The van der Waals surface area contributed by atoms with Gasteiger partial charge in [0.2, 0.25) is 5.91 Å². The van der Waals surface area contributed by atoms with Crippen LogP contribution in [0.2, 0.25) is 0 Å². The van der Waals surface area contributed by atoms with Gasteiger partial charge in [0.15, 0.2) is 0 Å². The van der Waals surface area contributed by atoms with Gasteiger partial charge in [-0.3, -0.25) is 4.79 Å². The molecule has 1 amide bonds. The molecule has 0 aromatic heterocycles. The Balaban J connectivity index is 2.36. The minimum Gasteiger partial charge on any atom is -0.355 e. The van der Waals surface area contributed by atoms with Crippen molar-refractivity contribution in [3.63, 3.8) is 0 Å². The van der Waals surface area contributed by atoms with Gasteiger partial charge in [0, 0.05) is 24.6 Å². The summed E-state index contributed by atoms with van der Waals surface area (Å²) in [6, 6.07) is 0. The molecule has 4 heteroatoms. The fourth-order valence-corrected chi connectivity index (χ4v) is 2.82. The molecule has 1 aliphatic rings. The highest BCUT2D eigenvalue weighted by atomic mass is 32.2. The molecule has 17 heavy (non-hydrogen) atoms. The standard InChI is InChI=1S/C13H24N2OS/c1-4-8-17-9-7-15-12(16)13(11(2)3)5-6-14-10-13/h4,11,14H,1,5-10H2,2-3H3,(H,15,16). The minimum absolute atomic E-state index is 0.191. The lowest BCUT2D eigenvalue weighted by atomic mass is 9.75. The van der Waals surface area contributed by atoms with Crippen molar-refractivity contribution in [2.45, 2.75) is 20.3 Å². The predicted molar refractivity (Wildman–Crippen MR) is 75.3 cm³/mol. The summed E-state index contributed by atoms with van der Waals surface area (Å²) in [4.78, 5) is 12.3. The molecule has 3 nitrogen and oxygen atoms in total. The van der Waals surface area contributed by atoms with Crippen molar-refractivity contribution < 1.29 is 4.79 Å². The van der Waals surface area contributed by atoms with Gasteiger partial charge in [-0.25, -0.2) is 0 Å². The summed E-state index contributed by atoms with van der Waals surface area (Å²) in [7, 11) is 0. The highest BCUT2D eigenvalue weighted by molar-refractivity contribution is 7.99. The summed E-state index contributed by atoms with van der Waals surface area (Å²) in [6.07, 6.45) is 2.85. The second-order valence-electron chi connectivity index (χ2n) is 4.86. The molecule has 2 N–H and O–H groups in total. The van der Waals surface area contributed by atoms with Gasteiger partial charge in [0.1, 0.15) is 0 Å². The van der Waals surface area contributed by atoms with Crippen LogP contribution in [0.5, 0.6) is 0 Å². The Morgan fingerprint density at radius 3 is 2.94 bits per heavy atom. The highest BCUT2D eigenvalue weighted by Gasteiger charge is 2.43. The first kappa shape index (κ1) is 14.6. The second kappa shape index (κ2) is 7.07. The largest absolute Gasteiger partial charge is 0.355 e. The predicted octanol–water partition coefficient (Wildman–Crippen LogP) is 1.66. The van der Waals surface area contributed by atoms with Crippen LogP contribution in [-0.2, 0) is 4.79 Å². The Kier molecular flexibility index (Phi) is 6.06. The van der Waals surface area contributed by atoms with Crippen LogP contribution in [0.4, 0.5) is 0 Å². The van der Waals surface area contributed by atoms with Gasteiger partial charge in [0.25, 0.3) is 0 Å². The van der Waals surface area contributed by atoms with Crippen molar-refractivity contribution >= 4 is 17.7 Å². The van der Waals surface area contributed by atoms with E-state index in [9.17, 15) is 4.79 Å². The molecule has 1 heterocycles. The number of hydrogen-bond acceptors (Lipinski definition) is 3. The van der Waals surface area contributed by atoms with Crippen LogP contribution in [0.1, 0.15) is 20.3 Å². The van der Waals surface area contributed by atoms with Gasteiger partial charge in [-0.15, -0.1) is 6.58 Å². The van der Waals surface area contributed by atoms with Crippen LogP contribution >= 0.6 is 11.8 Å². The summed E-state index contributed by atoms with van der Waals surface area (Å²) >= 11 is 1.80. The van der Waals surface area contributed by atoms with Crippen molar-refractivity contribution in [2.24, 2.45) is 11.3 Å². The number of carbonyl (C=O) groups is 1. The van der Waals surface area contributed by atoms with Gasteiger partial charge in [-0.1, -0.05) is 19.9 Å². The Bertz CT molecular complexity index is 260. The summed E-state index contributed by atoms with van der Waals surface area (Å²) < 4.78 is 0. The molecule has 1 aliphatic heterocycles. The van der Waals surface area contributed by atoms with Gasteiger partial charge >= 0.3 is 0 Å². The number of carbonyl (C=O) groups excluding carboxylic acids is 1. The van der Waals surface area contributed by atoms with E-state index in [1.165, 1.54) is 0 Å². The molecule has 0 aromatic carbocycles. The molecule has 1 fully saturated rings. The molecular formula is C13H24N2OS. The summed E-state index contributed by atoms with van der Waals surface area (Å²) in [5.74, 6) is 2.52. The van der Waals surface area contributed by atoms with Crippen LogP contribution in [0, 0.1) is 11.3 Å². The normalized spacial score (nSPS) is 23.9. The molecular weight excluding hydrogens is 232 g/mol. The van der Waals surface area contributed by atoms with Gasteiger partial charge in [0.05, 0.1) is 5.41 Å². The molecule has 1 atom stereocenters. The molecule has 0 aliphatic carbocycles. The van der Waals surface area contributed by atoms with E-state index in [2.05, 4.69) is 31.1 Å². The van der Waals surface area contributed by atoms with E-state index in [0.29, 0.717) is 5.92 Å². The number of amides is 1. The lowest BCUT2D eigenvalue weighted by molar-refractivity contribution is -0.132. The van der Waals surface area contributed by atoms with Crippen LogP contribution < -0.4 is 10.6 Å². The van der Waals surface area contributed by atoms with Crippen LogP contribution in [0.25, 0.3) is 0 Å². The molecule has 0 bridgehead atoms. The fraction of sp³-hybridized carbons (Fsp3) is 0.769. The summed E-state index contributed by atoms with van der Waals surface area (Å²) in [5.41, 5.74) is -0.191. The van der Waals surface area contributed by atoms with Crippen LogP contribution in [-0.4, -0.2) is 37.0 Å². The number of thioether (sulfide) groups is 1. The molecule has 0 radical (unpaired) electrons. The van der Waals surface area contributed by atoms with E-state index in [1.54, 1.807) is 11.8 Å². The van der Waals surface area contributed by atoms with E-state index >= 15 is 0 Å². The zero-order valence-corrected chi connectivity index (χ0v) is 11.7. The van der Waals surface area contributed by atoms with Crippen molar-refractivity contribution in [1.29, 1.82) is 0 Å². The minimum atomic E-state index is -0.191. The van der Waals surface area contributed by atoms with Gasteiger partial charge in [-0.2, -0.15) is 11.8 Å². The lowest BCUT2D eigenvalue weighted by Crippen LogP contribution is -2.46. The Morgan fingerprint density at radius 1 is 1.65 bits per heavy atom. The van der Waals surface area contributed by atoms with Gasteiger partial charge in [-0.05, 0) is 18.9 Å². The zero-order valence-electron chi connectivity index (χ0n) is 10.9. The van der Waals surface area contributed by atoms with Crippen LogP contribution in [0.3, 0.4) is 0 Å². The molecule has 0 aromatic rings. The third kappa shape index (κ3) is 3.75. The van der Waals surface area contributed by atoms with E-state index in [1.807, 2.05) is 6.08 Å². The van der Waals surface area contributed by atoms with E-state index in [4.69, 9.17) is 0 Å². The highest BCUT2D eigenvalue weighted by Crippen LogP contribution is 2.34. The number of nitrogens with one attached hydrogen (secondary N) is 2. The van der Waals surface area contributed by atoms with Crippen molar-refractivity contribution in [2.75, 3.05) is 31.1 Å². The third-order valence-corrected chi connectivity index (χ3v) is 4.48. The van der Waals surface area contributed by atoms with Crippen molar-refractivity contribution in [3.8, 4) is 0 Å². The van der Waals surface area contributed by atoms with Gasteiger partial charge < -0.3 is 10.6 Å². The first-order chi connectivity index (χ1) is 8.13. The van der Waals surface area contributed by atoms with Crippen molar-refractivity contribution in [3.05, 3.63) is 12.7 Å². The topological polar surface area (TPSA) is 41.1 Å². The number of rotatable bonds is 7. The SMILES string of the molecule is C=CCSCCNC(=O)C1(C(C)C)CCNC1. The first-order valence-corrected chi connectivity index (χ1v) is 7.46. The summed E-state index contributed by atoms with van der Waals surface area (Å²) in [6.45, 7) is 10.5. The fourth-order valence-electron chi connectivity index (χ4n) is 2.24. The second-order valence-corrected chi connectivity index (χ2v) is 6.01. The smallest absolute Gasteiger partial charge is 0.227 e. The van der Waals surface area contributed by atoms with Crippen molar-refractivity contribution in [1.82, 2.24) is 10.6 Å². The quantitative estimate of drug-likeness (QED) is 0.538. The third-order valence-electron chi connectivity index (χ3n) is 3.51. The maximum atomic E-state index is 12.3. The monoisotopic (exact) mass is 256 g/mol.